The molecule has 2 aromatic heterocycles. The molecule has 0 bridgehead atoms. The zero-order chi connectivity index (χ0) is 37.3. The van der Waals surface area contributed by atoms with Crippen molar-refractivity contribution in [2.75, 3.05) is 50.7 Å². The molecule has 8 nitrogen and oxygen atoms in total. The summed E-state index contributed by atoms with van der Waals surface area (Å²) in [5.41, 5.74) is 4.77. The van der Waals surface area contributed by atoms with E-state index in [4.69, 9.17) is 9.41 Å². The lowest BCUT2D eigenvalue weighted by Gasteiger charge is -2.53. The Hall–Kier alpha value is -4.57. The van der Waals surface area contributed by atoms with Gasteiger partial charge in [-0.2, -0.15) is 0 Å². The smallest absolute Gasteiger partial charge is 0.261 e. The molecule has 0 radical (unpaired) electrons. The van der Waals surface area contributed by atoms with Crippen molar-refractivity contribution in [3.05, 3.63) is 116 Å². The molecule has 0 aliphatic carbocycles. The topological polar surface area (TPSA) is 77.6 Å². The Kier molecular flexibility index (Phi) is 10.1. The summed E-state index contributed by atoms with van der Waals surface area (Å²) in [5, 5.41) is 3.68. The molecule has 8 rings (SSSR count). The van der Waals surface area contributed by atoms with Gasteiger partial charge in [-0.15, -0.1) is 0 Å². The van der Waals surface area contributed by atoms with Crippen molar-refractivity contribution in [2.24, 2.45) is 5.41 Å². The van der Waals surface area contributed by atoms with E-state index in [1.807, 2.05) is 4.90 Å². The summed E-state index contributed by atoms with van der Waals surface area (Å²) in [7, 11) is -2.61. The summed E-state index contributed by atoms with van der Waals surface area (Å²) in [6, 6.07) is 33.1. The first kappa shape index (κ1) is 36.4. The summed E-state index contributed by atoms with van der Waals surface area (Å²) < 4.78 is 7.50. The highest BCUT2D eigenvalue weighted by Gasteiger charge is 2.51. The van der Waals surface area contributed by atoms with Crippen LogP contribution in [0.15, 0.2) is 110 Å². The van der Waals surface area contributed by atoms with E-state index in [0.717, 1.165) is 93.2 Å². The zero-order valence-corrected chi connectivity index (χ0v) is 33.1. The molecule has 3 aromatic carbocycles. The zero-order valence-electron chi connectivity index (χ0n) is 32.1. The van der Waals surface area contributed by atoms with Gasteiger partial charge in [-0.05, 0) is 83.9 Å². The highest BCUT2D eigenvalue weighted by molar-refractivity contribution is 6.99. The molecular formula is C45H54N6O2Si. The molecule has 5 aromatic rings. The predicted octanol–water partition coefficient (Wildman–Crippen LogP) is 6.82. The molecule has 9 heteroatoms. The molecule has 280 valence electrons. The Morgan fingerprint density at radius 2 is 1.54 bits per heavy atom. The molecule has 0 unspecified atom stereocenters. The minimum atomic E-state index is -2.61. The van der Waals surface area contributed by atoms with Gasteiger partial charge in [-0.1, -0.05) is 112 Å². The minimum absolute atomic E-state index is 0.0447. The van der Waals surface area contributed by atoms with Crippen LogP contribution in [0.5, 0.6) is 0 Å². The maximum Gasteiger partial charge on any atom is 0.261 e. The van der Waals surface area contributed by atoms with Crippen LogP contribution in [-0.4, -0.2) is 90.9 Å². The molecule has 3 saturated heterocycles. The van der Waals surface area contributed by atoms with Crippen LogP contribution in [0, 0.1) is 5.41 Å². The molecule has 3 fully saturated rings. The number of benzene rings is 3. The van der Waals surface area contributed by atoms with Crippen molar-refractivity contribution < 1.29 is 9.22 Å². The van der Waals surface area contributed by atoms with Crippen LogP contribution < -0.4 is 15.3 Å². The van der Waals surface area contributed by atoms with E-state index in [1.165, 1.54) is 34.9 Å². The van der Waals surface area contributed by atoms with Crippen LogP contribution in [-0.2, 0) is 15.6 Å². The number of rotatable bonds is 10. The van der Waals surface area contributed by atoms with Crippen LogP contribution in [0.2, 0.25) is 5.04 Å². The van der Waals surface area contributed by atoms with Crippen molar-refractivity contribution in [3.8, 4) is 11.3 Å². The van der Waals surface area contributed by atoms with Crippen LogP contribution in [0.4, 0.5) is 5.82 Å². The number of aromatic nitrogens is 3. The number of aromatic amines is 1. The fraction of sp³-hybridized carbons (Fsp3) is 0.400. The van der Waals surface area contributed by atoms with Gasteiger partial charge in [0.25, 0.3) is 8.32 Å². The van der Waals surface area contributed by atoms with E-state index < -0.39 is 8.32 Å². The number of carbonyl (C=O) groups is 1. The second-order valence-corrected chi connectivity index (χ2v) is 21.0. The fourth-order valence-electron chi connectivity index (χ4n) is 9.21. The van der Waals surface area contributed by atoms with Gasteiger partial charge >= 0.3 is 0 Å². The number of hydrogen-bond acceptors (Lipinski definition) is 6. The Bertz CT molecular complexity index is 2010. The highest BCUT2D eigenvalue weighted by Crippen LogP contribution is 2.41. The number of hydrogen-bond donors (Lipinski definition) is 1. The van der Waals surface area contributed by atoms with Crippen molar-refractivity contribution >= 4 is 41.4 Å². The molecule has 5 heterocycles. The maximum absolute atomic E-state index is 11.9. The summed E-state index contributed by atoms with van der Waals surface area (Å²) in [4.78, 5) is 31.9. The van der Waals surface area contributed by atoms with Gasteiger partial charge in [-0.3, -0.25) is 4.79 Å². The summed E-state index contributed by atoms with van der Waals surface area (Å²) in [5.74, 6) is 1.06. The number of likely N-dealkylation sites (tertiary alicyclic amines) is 2. The molecule has 54 heavy (non-hydrogen) atoms. The van der Waals surface area contributed by atoms with Crippen molar-refractivity contribution in [1.29, 1.82) is 0 Å². The average molecular weight is 739 g/mol. The van der Waals surface area contributed by atoms with Gasteiger partial charge in [-0.25, -0.2) is 9.97 Å². The van der Waals surface area contributed by atoms with Gasteiger partial charge in [0.2, 0.25) is 5.91 Å². The Balaban J connectivity index is 0.905. The number of H-pyrrole nitrogens is 1. The quantitative estimate of drug-likeness (QED) is 0.125. The molecule has 1 spiro atoms. The lowest BCUT2D eigenvalue weighted by atomic mass is 9.72. The Labute approximate surface area is 321 Å². The van der Waals surface area contributed by atoms with Gasteiger partial charge in [0, 0.05) is 49.9 Å². The van der Waals surface area contributed by atoms with E-state index in [-0.39, 0.29) is 17.0 Å². The summed E-state index contributed by atoms with van der Waals surface area (Å²) >= 11 is 0. The summed E-state index contributed by atoms with van der Waals surface area (Å²) in [6.07, 6.45) is 8.57. The molecule has 0 saturated carbocycles. The third kappa shape index (κ3) is 7.05. The van der Waals surface area contributed by atoms with E-state index in [9.17, 15) is 4.79 Å². The van der Waals surface area contributed by atoms with Gasteiger partial charge in [0.15, 0.2) is 0 Å². The lowest BCUT2D eigenvalue weighted by Crippen LogP contribution is -2.68. The molecule has 3 aliphatic rings. The standard InChI is InChI=1S/C45H54N6O2Si/c1-5-41(52)51-31-45(32-51)23-28-49(29-24-45)25-20-34-16-18-35(19-17-34)40-30-39-42(48-40)46-33-47-43(39)50-26-21-36(22-27-50)53-54(44(2,3)4,37-12-8-6-9-13-37)38-14-10-7-11-15-38/h5-19,30,33,36H,1,20-29,31-32H2,2-4H3,(H,46,47,48). The van der Waals surface area contributed by atoms with Crippen LogP contribution in [0.1, 0.15) is 52.0 Å². The highest BCUT2D eigenvalue weighted by atomic mass is 28.4. The van der Waals surface area contributed by atoms with Gasteiger partial charge < -0.3 is 24.1 Å². The monoisotopic (exact) mass is 738 g/mol. The minimum Gasteiger partial charge on any atom is -0.404 e. The largest absolute Gasteiger partial charge is 0.404 e. The first-order valence-electron chi connectivity index (χ1n) is 19.8. The number of amides is 1. The van der Waals surface area contributed by atoms with E-state index >= 15 is 0 Å². The molecule has 3 aliphatic heterocycles. The van der Waals surface area contributed by atoms with Crippen molar-refractivity contribution in [1.82, 2.24) is 24.8 Å². The first-order chi connectivity index (χ1) is 26.2. The third-order valence-corrected chi connectivity index (χ3v) is 17.4. The number of anilines is 1. The number of nitrogens with zero attached hydrogens (tertiary/aromatic N) is 5. The number of piperidine rings is 2. The predicted molar refractivity (Wildman–Crippen MR) is 222 cm³/mol. The fourth-order valence-corrected chi connectivity index (χ4v) is 14.0. The maximum atomic E-state index is 11.9. The molecular weight excluding hydrogens is 685 g/mol. The molecule has 1 N–H and O–H groups in total. The SMILES string of the molecule is C=CC(=O)N1CC2(CCN(CCc3ccc(-c4cc5c(N6CCC(O[Si](c7ccccc7)(c7ccccc7)C(C)(C)C)CC6)ncnc5[nH]4)cc3)CC2)C1. The van der Waals surface area contributed by atoms with E-state index in [2.05, 4.69) is 138 Å². The molecule has 0 atom stereocenters. The van der Waals surface area contributed by atoms with Crippen LogP contribution >= 0.6 is 0 Å². The van der Waals surface area contributed by atoms with Crippen molar-refractivity contribution in [2.45, 2.75) is 64.0 Å². The number of carbonyl (C=O) groups excluding carboxylic acids is 1. The Morgan fingerprint density at radius 3 is 2.13 bits per heavy atom. The second kappa shape index (κ2) is 14.9. The first-order valence-corrected chi connectivity index (χ1v) is 21.7. The molecule has 1 amide bonds. The van der Waals surface area contributed by atoms with Gasteiger partial charge in [0.05, 0.1) is 5.39 Å². The van der Waals surface area contributed by atoms with Crippen LogP contribution in [0.25, 0.3) is 22.3 Å². The lowest BCUT2D eigenvalue weighted by molar-refractivity contribution is -0.141. The average Bonchev–Trinajstić information content (AvgIpc) is 3.64. The number of fused-ring (bicyclic) bond motifs is 1. The van der Waals surface area contributed by atoms with E-state index in [1.54, 1.807) is 6.33 Å². The van der Waals surface area contributed by atoms with E-state index in [0.29, 0.717) is 5.41 Å². The summed E-state index contributed by atoms with van der Waals surface area (Å²) in [6.45, 7) is 17.5. The van der Waals surface area contributed by atoms with Crippen molar-refractivity contribution in [3.63, 3.8) is 0 Å². The van der Waals surface area contributed by atoms with Gasteiger partial charge in [0.1, 0.15) is 17.8 Å². The Morgan fingerprint density at radius 1 is 0.907 bits per heavy atom. The third-order valence-electron chi connectivity index (χ3n) is 12.3. The number of nitrogens with one attached hydrogen (secondary N) is 1. The van der Waals surface area contributed by atoms with Crippen LogP contribution in [0.3, 0.4) is 0 Å². The second-order valence-electron chi connectivity index (χ2n) is 16.8. The normalized spacial score (nSPS) is 18.2.